The number of benzene rings is 3. The van der Waals surface area contributed by atoms with Crippen molar-refractivity contribution in [1.29, 1.82) is 15.8 Å². The number of carbonyl (C=O) groups excluding carboxylic acids is 2. The third-order valence-corrected chi connectivity index (χ3v) is 5.52. The number of carbonyl (C=O) groups is 3. The van der Waals surface area contributed by atoms with Crippen LogP contribution in [0.4, 0.5) is 0 Å². The summed E-state index contributed by atoms with van der Waals surface area (Å²) in [6, 6.07) is 26.0. The molecule has 0 aliphatic carbocycles. The minimum Gasteiger partial charge on any atom is -0.490 e. The maximum absolute atomic E-state index is 10.6. The minimum absolute atomic E-state index is 0.0417. The number of halogens is 1. The zero-order valence-corrected chi connectivity index (χ0v) is 25.7. The molecule has 0 saturated carbocycles. The molecule has 0 fully saturated rings. The highest BCUT2D eigenvalue weighted by Crippen LogP contribution is 2.16. The van der Waals surface area contributed by atoms with Crippen LogP contribution in [0.25, 0.3) is 0 Å². The number of nitrogens with zero attached hydrogens (tertiary/aromatic N) is 3. The fraction of sp³-hybridized carbons (Fsp3) is 0.273. The van der Waals surface area contributed by atoms with E-state index in [2.05, 4.69) is 0 Å². The van der Waals surface area contributed by atoms with Gasteiger partial charge in [0.15, 0.2) is 0 Å². The van der Waals surface area contributed by atoms with Crippen molar-refractivity contribution in [2.75, 3.05) is 0 Å². The number of nitriles is 3. The van der Waals surface area contributed by atoms with Crippen LogP contribution in [-0.2, 0) is 14.4 Å². The van der Waals surface area contributed by atoms with E-state index in [1.54, 1.807) is 93.6 Å². The number of carboxylic acid groups (broad SMARTS) is 1. The van der Waals surface area contributed by atoms with Crippen LogP contribution in [0.3, 0.4) is 0 Å². The van der Waals surface area contributed by atoms with Gasteiger partial charge in [-0.3, -0.25) is 14.4 Å². The van der Waals surface area contributed by atoms with Crippen molar-refractivity contribution in [3.8, 4) is 35.5 Å². The van der Waals surface area contributed by atoms with Gasteiger partial charge in [0, 0.05) is 0 Å². The third kappa shape index (κ3) is 17.2. The van der Waals surface area contributed by atoms with E-state index in [-0.39, 0.29) is 37.6 Å². The third-order valence-electron chi connectivity index (χ3n) is 5.36. The van der Waals surface area contributed by atoms with E-state index >= 15 is 0 Å². The number of amides is 1. The van der Waals surface area contributed by atoms with Gasteiger partial charge in [0.2, 0.25) is 11.1 Å². The highest BCUT2D eigenvalue weighted by atomic mass is 35.5. The first-order valence-electron chi connectivity index (χ1n) is 13.5. The smallest absolute Gasteiger partial charge is 0.307 e. The molecule has 3 unspecified atom stereocenters. The Morgan fingerprint density at radius 3 is 1.18 bits per heavy atom. The fourth-order valence-electron chi connectivity index (χ4n) is 3.40. The van der Waals surface area contributed by atoms with Gasteiger partial charge in [-0.05, 0) is 105 Å². The lowest BCUT2D eigenvalue weighted by atomic mass is 10.2. The maximum Gasteiger partial charge on any atom is 0.307 e. The summed E-state index contributed by atoms with van der Waals surface area (Å²) in [4.78, 5) is 31.6. The molecule has 11 nitrogen and oxygen atoms in total. The standard InChI is InChI=1S/C11H10ClNO2.C11H12N2O2.C11H11NO3/c1-8(6-11(12)14)15-10-4-2-9(7-13)3-5-10;2*1-8(6-11(13)14)15-10-4-2-9(7-12)3-5-10/h2-5,8H,6H2,1H3;2-5,8H,6H2,1H3,(H2,13,14);2-5,8H,6H2,1H3,(H,13,14). The van der Waals surface area contributed by atoms with Crippen molar-refractivity contribution in [3.63, 3.8) is 0 Å². The molecule has 0 saturated heterocycles. The lowest BCUT2D eigenvalue weighted by molar-refractivity contribution is -0.138. The van der Waals surface area contributed by atoms with Crippen molar-refractivity contribution in [2.24, 2.45) is 5.73 Å². The van der Waals surface area contributed by atoms with Gasteiger partial charge < -0.3 is 25.1 Å². The Morgan fingerprint density at radius 1 is 0.644 bits per heavy atom. The van der Waals surface area contributed by atoms with Gasteiger partial charge in [0.25, 0.3) is 0 Å². The van der Waals surface area contributed by atoms with E-state index in [0.29, 0.717) is 33.9 Å². The molecule has 12 heteroatoms. The van der Waals surface area contributed by atoms with E-state index in [1.165, 1.54) is 0 Å². The Hall–Kier alpha value is -5.57. The molecule has 0 aromatic heterocycles. The van der Waals surface area contributed by atoms with Crippen molar-refractivity contribution in [1.82, 2.24) is 0 Å². The molecular formula is C33H33ClN4O7. The molecule has 0 bridgehead atoms. The Morgan fingerprint density at radius 2 is 0.933 bits per heavy atom. The molecule has 3 rings (SSSR count). The number of carboxylic acids is 1. The average Bonchev–Trinajstić information content (AvgIpc) is 2.98. The molecule has 0 aliphatic heterocycles. The van der Waals surface area contributed by atoms with E-state index in [9.17, 15) is 14.4 Å². The zero-order chi connectivity index (χ0) is 33.8. The molecule has 3 aromatic rings. The van der Waals surface area contributed by atoms with Crippen LogP contribution in [0.15, 0.2) is 72.8 Å². The van der Waals surface area contributed by atoms with Crippen molar-refractivity contribution in [3.05, 3.63) is 89.5 Å². The monoisotopic (exact) mass is 632 g/mol. The zero-order valence-electron chi connectivity index (χ0n) is 25.0. The van der Waals surface area contributed by atoms with Crippen LogP contribution >= 0.6 is 11.6 Å². The largest absolute Gasteiger partial charge is 0.490 e. The molecule has 45 heavy (non-hydrogen) atoms. The number of primary amides is 1. The summed E-state index contributed by atoms with van der Waals surface area (Å²) < 4.78 is 16.2. The van der Waals surface area contributed by atoms with Gasteiger partial charge in [0.05, 0.1) is 54.2 Å². The van der Waals surface area contributed by atoms with Crippen LogP contribution in [0.5, 0.6) is 17.2 Å². The first kappa shape index (κ1) is 37.5. The molecule has 1 amide bonds. The highest BCUT2D eigenvalue weighted by Gasteiger charge is 2.10. The quantitative estimate of drug-likeness (QED) is 0.241. The normalized spacial score (nSPS) is 11.5. The van der Waals surface area contributed by atoms with Crippen LogP contribution in [0.2, 0.25) is 0 Å². The number of rotatable bonds is 12. The van der Waals surface area contributed by atoms with Crippen LogP contribution in [-0.4, -0.2) is 40.5 Å². The van der Waals surface area contributed by atoms with Gasteiger partial charge in [0.1, 0.15) is 35.6 Å². The van der Waals surface area contributed by atoms with E-state index in [0.717, 1.165) is 0 Å². The van der Waals surface area contributed by atoms with E-state index in [1.807, 2.05) is 18.2 Å². The molecule has 0 heterocycles. The summed E-state index contributed by atoms with van der Waals surface area (Å²) in [6.45, 7) is 5.22. The summed E-state index contributed by atoms with van der Waals surface area (Å²) in [5.41, 5.74) is 6.73. The number of hydrogen-bond acceptors (Lipinski definition) is 9. The van der Waals surface area contributed by atoms with Gasteiger partial charge >= 0.3 is 5.97 Å². The average molecular weight is 633 g/mol. The SMILES string of the molecule is CC(CC(=O)Cl)Oc1ccc(C#N)cc1.CC(CC(=O)O)Oc1ccc(C#N)cc1.CC(CC(N)=O)Oc1ccc(C#N)cc1. The van der Waals surface area contributed by atoms with Gasteiger partial charge in [-0.15, -0.1) is 0 Å². The first-order chi connectivity index (χ1) is 21.3. The van der Waals surface area contributed by atoms with E-state index in [4.69, 9.17) is 52.4 Å². The number of ether oxygens (including phenoxy) is 3. The van der Waals surface area contributed by atoms with Crippen molar-refractivity contribution in [2.45, 2.75) is 58.3 Å². The Kier molecular flexibility index (Phi) is 16.9. The number of aliphatic carboxylic acids is 1. The summed E-state index contributed by atoms with van der Waals surface area (Å²) in [6.07, 6.45) is -0.588. The van der Waals surface area contributed by atoms with Crippen molar-refractivity contribution >= 4 is 28.7 Å². The highest BCUT2D eigenvalue weighted by molar-refractivity contribution is 6.63. The molecule has 3 atom stereocenters. The fourth-order valence-corrected chi connectivity index (χ4v) is 3.62. The second-order valence-electron chi connectivity index (χ2n) is 9.52. The molecule has 0 spiro atoms. The number of nitrogens with two attached hydrogens (primary N) is 1. The summed E-state index contributed by atoms with van der Waals surface area (Å²) >= 11 is 5.22. The number of hydrogen-bond donors (Lipinski definition) is 2. The lowest BCUT2D eigenvalue weighted by Crippen LogP contribution is -2.22. The lowest BCUT2D eigenvalue weighted by Gasteiger charge is -2.12. The topological polar surface area (TPSA) is 197 Å². The second-order valence-corrected chi connectivity index (χ2v) is 9.94. The molecule has 3 N–H and O–H groups in total. The van der Waals surface area contributed by atoms with Gasteiger partial charge in [-0.1, -0.05) is 0 Å². The molecule has 0 aliphatic rings. The van der Waals surface area contributed by atoms with Crippen LogP contribution in [0, 0.1) is 34.0 Å². The molecule has 3 aromatic carbocycles. The summed E-state index contributed by atoms with van der Waals surface area (Å²) in [5, 5.41) is 33.8. The van der Waals surface area contributed by atoms with E-state index < -0.39 is 17.1 Å². The summed E-state index contributed by atoms with van der Waals surface area (Å²) in [5.74, 6) is 0.539. The van der Waals surface area contributed by atoms with Gasteiger partial charge in [-0.25, -0.2) is 0 Å². The predicted octanol–water partition coefficient (Wildman–Crippen LogP) is 5.48. The second kappa shape index (κ2) is 20.4. The Labute approximate surface area is 266 Å². The maximum atomic E-state index is 10.6. The molecule has 234 valence electrons. The predicted molar refractivity (Wildman–Crippen MR) is 165 cm³/mol. The van der Waals surface area contributed by atoms with Crippen LogP contribution in [0.1, 0.15) is 56.7 Å². The molecular weight excluding hydrogens is 600 g/mol. The summed E-state index contributed by atoms with van der Waals surface area (Å²) in [7, 11) is 0. The molecule has 0 radical (unpaired) electrons. The minimum atomic E-state index is -0.892. The van der Waals surface area contributed by atoms with Crippen molar-refractivity contribution < 1.29 is 33.7 Å². The first-order valence-corrected chi connectivity index (χ1v) is 13.9. The Bertz CT molecular complexity index is 1320. The van der Waals surface area contributed by atoms with Gasteiger partial charge in [-0.2, -0.15) is 15.8 Å². The van der Waals surface area contributed by atoms with Crippen LogP contribution < -0.4 is 19.9 Å². The Balaban J connectivity index is 0.000000337.